The molecule has 1 aromatic heterocycles. The van der Waals surface area contributed by atoms with Crippen molar-refractivity contribution < 1.29 is 9.72 Å². The van der Waals surface area contributed by atoms with Gasteiger partial charge in [-0.15, -0.1) is 0 Å². The third-order valence-corrected chi connectivity index (χ3v) is 6.45. The van der Waals surface area contributed by atoms with Gasteiger partial charge < -0.3 is 4.90 Å². The molecule has 1 amide bonds. The van der Waals surface area contributed by atoms with Crippen LogP contribution in [0.15, 0.2) is 30.9 Å². The van der Waals surface area contributed by atoms with Crippen molar-refractivity contribution in [1.29, 1.82) is 0 Å². The summed E-state index contributed by atoms with van der Waals surface area (Å²) in [4.78, 5) is 30.2. The van der Waals surface area contributed by atoms with Gasteiger partial charge in [0.2, 0.25) is 0 Å². The Labute approximate surface area is 156 Å². The van der Waals surface area contributed by atoms with Crippen molar-refractivity contribution in [2.24, 2.45) is 17.8 Å². The number of hydrogen-bond acceptors (Lipinski definition) is 5. The molecule has 140 valence electrons. The van der Waals surface area contributed by atoms with Gasteiger partial charge in [-0.25, -0.2) is 9.67 Å². The monoisotopic (exact) mass is 367 g/mol. The first kappa shape index (κ1) is 16.4. The molecule has 0 radical (unpaired) electrons. The van der Waals surface area contributed by atoms with Crippen LogP contribution in [0.3, 0.4) is 0 Å². The molecule has 4 bridgehead atoms. The molecule has 2 unspecified atom stereocenters. The van der Waals surface area contributed by atoms with Crippen molar-refractivity contribution in [2.45, 2.75) is 38.1 Å². The van der Waals surface area contributed by atoms with Crippen LogP contribution in [-0.2, 0) is 0 Å². The van der Waals surface area contributed by atoms with E-state index >= 15 is 0 Å². The molecule has 2 saturated carbocycles. The molecule has 2 atom stereocenters. The van der Waals surface area contributed by atoms with Gasteiger partial charge in [-0.2, -0.15) is 5.10 Å². The molecule has 8 heteroatoms. The first-order valence-corrected chi connectivity index (χ1v) is 9.53. The maximum Gasteiger partial charge on any atom is 0.295 e. The lowest BCUT2D eigenvalue weighted by molar-refractivity contribution is -0.384. The third kappa shape index (κ3) is 2.79. The van der Waals surface area contributed by atoms with E-state index in [1.54, 1.807) is 12.1 Å². The summed E-state index contributed by atoms with van der Waals surface area (Å²) in [5.74, 6) is 1.99. The largest absolute Gasteiger partial charge is 0.335 e. The number of amides is 1. The zero-order valence-electron chi connectivity index (χ0n) is 14.9. The summed E-state index contributed by atoms with van der Waals surface area (Å²) in [6.45, 7) is 0.787. The van der Waals surface area contributed by atoms with Crippen LogP contribution in [0.2, 0.25) is 0 Å². The quantitative estimate of drug-likeness (QED) is 0.614. The van der Waals surface area contributed by atoms with Gasteiger partial charge in [0.05, 0.1) is 4.92 Å². The topological polar surface area (TPSA) is 94.2 Å². The van der Waals surface area contributed by atoms with Crippen molar-refractivity contribution in [1.82, 2.24) is 19.7 Å². The fourth-order valence-electron chi connectivity index (χ4n) is 5.53. The minimum absolute atomic E-state index is 0.0820. The SMILES string of the molecule is O=C(c1ccc(-n2cncn2)c([N+](=O)[O-])c1)N1CC2CC3CC(C2)CC1C3. The molecule has 2 aliphatic carbocycles. The van der Waals surface area contributed by atoms with Crippen LogP contribution in [0.1, 0.15) is 42.5 Å². The molecule has 6 rings (SSSR count). The van der Waals surface area contributed by atoms with E-state index in [-0.39, 0.29) is 17.6 Å². The summed E-state index contributed by atoms with van der Waals surface area (Å²) in [7, 11) is 0. The van der Waals surface area contributed by atoms with E-state index in [4.69, 9.17) is 0 Å². The summed E-state index contributed by atoms with van der Waals surface area (Å²) < 4.78 is 1.35. The predicted octanol–water partition coefficient (Wildman–Crippen LogP) is 2.83. The maximum absolute atomic E-state index is 13.3. The highest BCUT2D eigenvalue weighted by molar-refractivity contribution is 5.95. The lowest BCUT2D eigenvalue weighted by atomic mass is 9.68. The minimum atomic E-state index is -0.468. The van der Waals surface area contributed by atoms with Crippen molar-refractivity contribution in [2.75, 3.05) is 6.54 Å². The number of carbonyl (C=O) groups excluding carboxylic acids is 1. The second-order valence-corrected chi connectivity index (χ2v) is 8.19. The second kappa shape index (κ2) is 6.14. The van der Waals surface area contributed by atoms with Gasteiger partial charge in [0.1, 0.15) is 18.3 Å². The number of nitrogens with zero attached hydrogens (tertiary/aromatic N) is 5. The Balaban J connectivity index is 1.48. The van der Waals surface area contributed by atoms with Gasteiger partial charge in [-0.1, -0.05) is 0 Å². The van der Waals surface area contributed by atoms with Crippen LogP contribution in [0.4, 0.5) is 5.69 Å². The van der Waals surface area contributed by atoms with Gasteiger partial charge in [-0.05, 0) is 62.0 Å². The minimum Gasteiger partial charge on any atom is -0.335 e. The molecule has 4 fully saturated rings. The number of carbonyl (C=O) groups is 1. The summed E-state index contributed by atoms with van der Waals surface area (Å²) in [5, 5.41) is 15.5. The zero-order valence-corrected chi connectivity index (χ0v) is 14.9. The van der Waals surface area contributed by atoms with E-state index in [0.717, 1.165) is 31.2 Å². The molecule has 2 aromatic rings. The maximum atomic E-state index is 13.3. The molecule has 1 aromatic carbocycles. The van der Waals surface area contributed by atoms with Crippen LogP contribution in [-0.4, -0.2) is 43.1 Å². The molecule has 8 nitrogen and oxygen atoms in total. The fourth-order valence-corrected chi connectivity index (χ4v) is 5.53. The Kier molecular flexibility index (Phi) is 3.73. The van der Waals surface area contributed by atoms with Gasteiger partial charge in [-0.3, -0.25) is 14.9 Å². The van der Waals surface area contributed by atoms with E-state index in [1.807, 2.05) is 4.90 Å². The molecule has 4 aliphatic rings. The highest BCUT2D eigenvalue weighted by atomic mass is 16.6. The van der Waals surface area contributed by atoms with E-state index in [2.05, 4.69) is 10.1 Å². The van der Waals surface area contributed by atoms with E-state index in [1.165, 1.54) is 42.7 Å². The van der Waals surface area contributed by atoms with Crippen LogP contribution >= 0.6 is 0 Å². The molecular weight excluding hydrogens is 346 g/mol. The molecule has 27 heavy (non-hydrogen) atoms. The normalized spacial score (nSPS) is 29.0. The molecule has 2 aliphatic heterocycles. The van der Waals surface area contributed by atoms with Crippen molar-refractivity contribution in [3.63, 3.8) is 0 Å². The molecule has 2 saturated heterocycles. The molecule has 0 spiro atoms. The Morgan fingerprint density at radius 3 is 2.52 bits per heavy atom. The van der Waals surface area contributed by atoms with Gasteiger partial charge >= 0.3 is 0 Å². The zero-order chi connectivity index (χ0) is 18.5. The number of benzene rings is 1. The first-order chi connectivity index (χ1) is 13.1. The highest BCUT2D eigenvalue weighted by Crippen LogP contribution is 2.47. The van der Waals surface area contributed by atoms with Crippen LogP contribution in [0.5, 0.6) is 0 Å². The summed E-state index contributed by atoms with van der Waals surface area (Å²) in [6, 6.07) is 4.92. The number of aromatic nitrogens is 3. The van der Waals surface area contributed by atoms with Crippen molar-refractivity contribution in [3.8, 4) is 5.69 Å². The number of hydrogen-bond donors (Lipinski definition) is 0. The smallest absolute Gasteiger partial charge is 0.295 e. The predicted molar refractivity (Wildman–Crippen MR) is 96.4 cm³/mol. The lowest BCUT2D eigenvalue weighted by Crippen LogP contribution is -2.42. The number of rotatable bonds is 3. The third-order valence-electron chi connectivity index (χ3n) is 6.45. The van der Waals surface area contributed by atoms with Crippen LogP contribution in [0.25, 0.3) is 5.69 Å². The summed E-state index contributed by atoms with van der Waals surface area (Å²) in [5.41, 5.74) is 0.559. The van der Waals surface area contributed by atoms with E-state index in [9.17, 15) is 14.9 Å². The van der Waals surface area contributed by atoms with Crippen LogP contribution < -0.4 is 0 Å². The first-order valence-electron chi connectivity index (χ1n) is 9.53. The van der Waals surface area contributed by atoms with Gasteiger partial charge in [0.25, 0.3) is 11.6 Å². The van der Waals surface area contributed by atoms with Crippen LogP contribution in [0, 0.1) is 27.9 Å². The lowest BCUT2D eigenvalue weighted by Gasteiger charge is -2.39. The summed E-state index contributed by atoms with van der Waals surface area (Å²) >= 11 is 0. The average Bonchev–Trinajstić information content (AvgIpc) is 3.11. The number of nitro groups is 1. The Hall–Kier alpha value is -2.77. The molecule has 0 N–H and O–H groups in total. The molecular formula is C19H21N5O3. The van der Waals surface area contributed by atoms with E-state index < -0.39 is 4.92 Å². The standard InChI is InChI=1S/C19H21N5O3/c25-19(22-9-14-4-12-3-13(5-14)7-16(22)6-12)15-1-2-17(18(8-15)24(26)27)23-11-20-10-21-23/h1-2,8,10-14,16H,3-7,9H2. The second-order valence-electron chi connectivity index (χ2n) is 8.19. The highest BCUT2D eigenvalue weighted by Gasteiger charge is 2.44. The van der Waals surface area contributed by atoms with Gasteiger partial charge in [0.15, 0.2) is 0 Å². The Bertz CT molecular complexity index is 883. The Morgan fingerprint density at radius 2 is 1.85 bits per heavy atom. The number of fused-ring (bicyclic) bond motifs is 1. The summed E-state index contributed by atoms with van der Waals surface area (Å²) in [6.07, 6.45) is 8.66. The van der Waals surface area contributed by atoms with E-state index in [0.29, 0.717) is 17.2 Å². The average molecular weight is 367 g/mol. The molecule has 3 heterocycles. The van der Waals surface area contributed by atoms with Crippen molar-refractivity contribution >= 4 is 11.6 Å². The number of nitro benzene ring substituents is 1. The fraction of sp³-hybridized carbons (Fsp3) is 0.526. The van der Waals surface area contributed by atoms with Gasteiger partial charge in [0, 0.05) is 24.2 Å². The van der Waals surface area contributed by atoms with Crippen molar-refractivity contribution in [3.05, 3.63) is 46.5 Å². The Morgan fingerprint density at radius 1 is 1.11 bits per heavy atom.